The van der Waals surface area contributed by atoms with Gasteiger partial charge in [0.15, 0.2) is 6.61 Å². The number of ether oxygens (including phenoxy) is 1. The highest BCUT2D eigenvalue weighted by Gasteiger charge is 2.24. The van der Waals surface area contributed by atoms with Crippen molar-refractivity contribution < 1.29 is 9.53 Å². The Morgan fingerprint density at radius 1 is 1.43 bits per heavy atom. The number of amides is 1. The fourth-order valence-electron chi connectivity index (χ4n) is 2.52. The molecular formula is C16H25N3O2. The highest BCUT2D eigenvalue weighted by Crippen LogP contribution is 2.17. The maximum absolute atomic E-state index is 11.8. The first-order valence-electron chi connectivity index (χ1n) is 7.53. The van der Waals surface area contributed by atoms with Crippen molar-refractivity contribution in [1.82, 2.24) is 10.2 Å². The van der Waals surface area contributed by atoms with Crippen molar-refractivity contribution in [3.05, 3.63) is 24.3 Å². The predicted molar refractivity (Wildman–Crippen MR) is 84.2 cm³/mol. The summed E-state index contributed by atoms with van der Waals surface area (Å²) in [5.41, 5.74) is 6.28. The number of benzene rings is 1. The van der Waals surface area contributed by atoms with Crippen molar-refractivity contribution in [3.63, 3.8) is 0 Å². The van der Waals surface area contributed by atoms with E-state index < -0.39 is 0 Å². The summed E-state index contributed by atoms with van der Waals surface area (Å²) in [4.78, 5) is 14.2. The highest BCUT2D eigenvalue weighted by atomic mass is 16.5. The third kappa shape index (κ3) is 4.93. The second-order valence-electron chi connectivity index (χ2n) is 5.91. The van der Waals surface area contributed by atoms with Gasteiger partial charge in [0, 0.05) is 24.8 Å². The van der Waals surface area contributed by atoms with Crippen LogP contribution in [0.25, 0.3) is 0 Å². The second-order valence-corrected chi connectivity index (χ2v) is 5.91. The zero-order chi connectivity index (χ0) is 15.2. The first-order valence-corrected chi connectivity index (χ1v) is 7.53. The molecule has 116 valence electrons. The monoisotopic (exact) mass is 291 g/mol. The van der Waals surface area contributed by atoms with E-state index in [1.54, 1.807) is 24.3 Å². The number of nitrogens with two attached hydrogens (primary N) is 1. The van der Waals surface area contributed by atoms with Gasteiger partial charge in [0.2, 0.25) is 0 Å². The van der Waals surface area contributed by atoms with Crippen LogP contribution in [0.2, 0.25) is 0 Å². The molecule has 0 saturated carbocycles. The summed E-state index contributed by atoms with van der Waals surface area (Å²) in [5, 5.41) is 2.95. The lowest BCUT2D eigenvalue weighted by Crippen LogP contribution is -2.35. The molecule has 5 nitrogen and oxygen atoms in total. The Hall–Kier alpha value is -1.75. The quantitative estimate of drug-likeness (QED) is 0.779. The fraction of sp³-hybridized carbons (Fsp3) is 0.562. The molecule has 0 spiro atoms. The lowest BCUT2D eigenvalue weighted by molar-refractivity contribution is -0.123. The molecule has 21 heavy (non-hydrogen) atoms. The van der Waals surface area contributed by atoms with Gasteiger partial charge in [0.05, 0.1) is 0 Å². The SMILES string of the molecule is CC(C)N1CCC(CNC(=O)COc2ccc(N)cc2)C1. The third-order valence-electron chi connectivity index (χ3n) is 3.89. The van der Waals surface area contributed by atoms with Gasteiger partial charge >= 0.3 is 0 Å². The molecule has 0 bridgehead atoms. The number of nitrogen functional groups attached to an aromatic ring is 1. The van der Waals surface area contributed by atoms with Gasteiger partial charge in [-0.3, -0.25) is 4.79 Å². The standard InChI is InChI=1S/C16H25N3O2/c1-12(2)19-8-7-13(10-19)9-18-16(20)11-21-15-5-3-14(17)4-6-15/h3-6,12-13H,7-11,17H2,1-2H3,(H,18,20). The normalized spacial score (nSPS) is 18.9. The molecule has 1 amide bonds. The molecule has 5 heteroatoms. The largest absolute Gasteiger partial charge is 0.484 e. The van der Waals surface area contributed by atoms with E-state index in [1.807, 2.05) is 0 Å². The van der Waals surface area contributed by atoms with E-state index >= 15 is 0 Å². The first-order chi connectivity index (χ1) is 10.0. The van der Waals surface area contributed by atoms with Crippen molar-refractivity contribution in [2.24, 2.45) is 5.92 Å². The Kier molecular flexibility index (Phi) is 5.44. The first kappa shape index (κ1) is 15.6. The molecule has 1 fully saturated rings. The van der Waals surface area contributed by atoms with E-state index in [4.69, 9.17) is 10.5 Å². The van der Waals surface area contributed by atoms with Crippen LogP contribution in [0.4, 0.5) is 5.69 Å². The predicted octanol–water partition coefficient (Wildman–Crippen LogP) is 1.49. The summed E-state index contributed by atoms with van der Waals surface area (Å²) in [6.07, 6.45) is 1.15. The van der Waals surface area contributed by atoms with E-state index in [2.05, 4.69) is 24.1 Å². The van der Waals surface area contributed by atoms with Crippen molar-refractivity contribution in [2.75, 3.05) is 32.0 Å². The zero-order valence-electron chi connectivity index (χ0n) is 12.8. The number of nitrogens with one attached hydrogen (secondary N) is 1. The Labute approximate surface area is 126 Å². The molecule has 3 N–H and O–H groups in total. The molecular weight excluding hydrogens is 266 g/mol. The number of carbonyl (C=O) groups excluding carboxylic acids is 1. The number of anilines is 1. The summed E-state index contributed by atoms with van der Waals surface area (Å²) in [5.74, 6) is 1.13. The maximum Gasteiger partial charge on any atom is 0.257 e. The lowest BCUT2D eigenvalue weighted by Gasteiger charge is -2.20. The Morgan fingerprint density at radius 3 is 2.76 bits per heavy atom. The van der Waals surface area contributed by atoms with Gasteiger partial charge in [-0.25, -0.2) is 0 Å². The van der Waals surface area contributed by atoms with E-state index in [0.29, 0.717) is 23.4 Å². The van der Waals surface area contributed by atoms with Crippen LogP contribution < -0.4 is 15.8 Å². The third-order valence-corrected chi connectivity index (χ3v) is 3.89. The van der Waals surface area contributed by atoms with E-state index in [0.717, 1.165) is 26.1 Å². The van der Waals surface area contributed by atoms with Crippen LogP contribution in [0.1, 0.15) is 20.3 Å². The highest BCUT2D eigenvalue weighted by molar-refractivity contribution is 5.77. The molecule has 1 unspecified atom stereocenters. The lowest BCUT2D eigenvalue weighted by atomic mass is 10.1. The van der Waals surface area contributed by atoms with Crippen LogP contribution in [-0.4, -0.2) is 43.1 Å². The molecule has 1 saturated heterocycles. The fourth-order valence-corrected chi connectivity index (χ4v) is 2.52. The van der Waals surface area contributed by atoms with Crippen LogP contribution in [0, 0.1) is 5.92 Å². The summed E-state index contributed by atoms with van der Waals surface area (Å²) in [6.45, 7) is 7.39. The van der Waals surface area contributed by atoms with E-state index in [9.17, 15) is 4.79 Å². The van der Waals surface area contributed by atoms with Crippen molar-refractivity contribution >= 4 is 11.6 Å². The molecule has 2 rings (SSSR count). The number of hydrogen-bond donors (Lipinski definition) is 2. The summed E-state index contributed by atoms with van der Waals surface area (Å²) in [6, 6.07) is 7.62. The summed E-state index contributed by atoms with van der Waals surface area (Å²) < 4.78 is 5.42. The van der Waals surface area contributed by atoms with E-state index in [-0.39, 0.29) is 12.5 Å². The Balaban J connectivity index is 1.65. The van der Waals surface area contributed by atoms with Crippen molar-refractivity contribution in [2.45, 2.75) is 26.3 Å². The average molecular weight is 291 g/mol. The maximum atomic E-state index is 11.8. The van der Waals surface area contributed by atoms with Gasteiger partial charge in [-0.1, -0.05) is 0 Å². The second kappa shape index (κ2) is 7.31. The Bertz CT molecular complexity index is 459. The van der Waals surface area contributed by atoms with Gasteiger partial charge in [0.25, 0.3) is 5.91 Å². The minimum absolute atomic E-state index is 0.0462. The molecule has 1 aliphatic heterocycles. The minimum atomic E-state index is -0.0742. The molecule has 1 heterocycles. The van der Waals surface area contributed by atoms with Gasteiger partial charge in [-0.05, 0) is 57.0 Å². The minimum Gasteiger partial charge on any atom is -0.484 e. The van der Waals surface area contributed by atoms with Gasteiger partial charge in [-0.2, -0.15) is 0 Å². The summed E-state index contributed by atoms with van der Waals surface area (Å²) in [7, 11) is 0. The average Bonchev–Trinajstić information content (AvgIpc) is 2.93. The van der Waals surface area contributed by atoms with Gasteiger partial charge < -0.3 is 20.7 Å². The number of hydrogen-bond acceptors (Lipinski definition) is 4. The Morgan fingerprint density at radius 2 is 2.14 bits per heavy atom. The van der Waals surface area contributed by atoms with Crippen molar-refractivity contribution in [1.29, 1.82) is 0 Å². The van der Waals surface area contributed by atoms with Crippen LogP contribution in [-0.2, 0) is 4.79 Å². The van der Waals surface area contributed by atoms with Gasteiger partial charge in [-0.15, -0.1) is 0 Å². The van der Waals surface area contributed by atoms with Crippen LogP contribution >= 0.6 is 0 Å². The molecule has 0 aliphatic carbocycles. The van der Waals surface area contributed by atoms with Crippen LogP contribution in [0.15, 0.2) is 24.3 Å². The summed E-state index contributed by atoms with van der Waals surface area (Å²) >= 11 is 0. The molecule has 1 aromatic rings. The number of nitrogens with zero attached hydrogens (tertiary/aromatic N) is 1. The smallest absolute Gasteiger partial charge is 0.257 e. The molecule has 0 aromatic heterocycles. The number of rotatable bonds is 6. The molecule has 0 radical (unpaired) electrons. The van der Waals surface area contributed by atoms with Crippen molar-refractivity contribution in [3.8, 4) is 5.75 Å². The molecule has 1 aliphatic rings. The van der Waals surface area contributed by atoms with E-state index in [1.165, 1.54) is 0 Å². The van der Waals surface area contributed by atoms with Crippen LogP contribution in [0.5, 0.6) is 5.75 Å². The topological polar surface area (TPSA) is 67.6 Å². The molecule has 1 atom stereocenters. The zero-order valence-corrected chi connectivity index (χ0v) is 12.8. The van der Waals surface area contributed by atoms with Crippen LogP contribution in [0.3, 0.4) is 0 Å². The molecule has 1 aromatic carbocycles. The van der Waals surface area contributed by atoms with Gasteiger partial charge in [0.1, 0.15) is 5.75 Å². The number of likely N-dealkylation sites (tertiary alicyclic amines) is 1. The number of carbonyl (C=O) groups is 1.